The van der Waals surface area contributed by atoms with Crippen LogP contribution in [0.15, 0.2) is 41.4 Å². The van der Waals surface area contributed by atoms with Crippen molar-refractivity contribution in [2.45, 2.75) is 32.1 Å². The van der Waals surface area contributed by atoms with Gasteiger partial charge >= 0.3 is 0 Å². The van der Waals surface area contributed by atoms with Crippen LogP contribution >= 0.6 is 11.8 Å². The number of para-hydroxylation sites is 1. The third-order valence-electron chi connectivity index (χ3n) is 4.48. The normalized spacial score (nSPS) is 15.6. The molecule has 0 spiro atoms. The molecule has 2 aromatic rings. The Kier molecular flexibility index (Phi) is 6.78. The van der Waals surface area contributed by atoms with Crippen LogP contribution in [0.4, 0.5) is 4.79 Å². The molecule has 3 amide bonds. The maximum Gasteiger partial charge on any atom is 0.293 e. The minimum Gasteiger partial charge on any atom is -0.289 e. The first-order valence-electron chi connectivity index (χ1n) is 9.12. The molecule has 0 saturated carbocycles. The van der Waals surface area contributed by atoms with Crippen LogP contribution in [0.5, 0.6) is 0 Å². The number of benzene rings is 1. The average molecular weight is 399 g/mol. The van der Waals surface area contributed by atoms with Crippen molar-refractivity contribution in [1.82, 2.24) is 15.4 Å². The Morgan fingerprint density at radius 1 is 1.14 bits per heavy atom. The maximum atomic E-state index is 12.6. The number of imide groups is 1. The summed E-state index contributed by atoms with van der Waals surface area (Å²) >= 11 is 0.950. The number of hydroxylamine groups is 1. The predicted molar refractivity (Wildman–Crippen MR) is 107 cm³/mol. The quantitative estimate of drug-likeness (QED) is 0.304. The Morgan fingerprint density at radius 3 is 2.75 bits per heavy atom. The molecule has 0 aliphatic carbocycles. The molecule has 8 heteroatoms. The van der Waals surface area contributed by atoms with E-state index in [0.717, 1.165) is 41.1 Å². The highest BCUT2D eigenvalue weighted by molar-refractivity contribution is 8.18. The molecular weight excluding hydrogens is 378 g/mol. The van der Waals surface area contributed by atoms with Gasteiger partial charge < -0.3 is 0 Å². The van der Waals surface area contributed by atoms with Crippen LogP contribution < -0.4 is 5.48 Å². The lowest BCUT2D eigenvalue weighted by molar-refractivity contribution is -0.129. The predicted octanol–water partition coefficient (Wildman–Crippen LogP) is 3.73. The van der Waals surface area contributed by atoms with Gasteiger partial charge in [-0.2, -0.15) is 0 Å². The molecule has 7 nitrogen and oxygen atoms in total. The van der Waals surface area contributed by atoms with Gasteiger partial charge in [-0.3, -0.25) is 29.5 Å². The zero-order valence-corrected chi connectivity index (χ0v) is 16.1. The number of fused-ring (bicyclic) bond motifs is 1. The fraction of sp³-hybridized carbons (Fsp3) is 0.300. The molecule has 0 unspecified atom stereocenters. The molecule has 3 rings (SSSR count). The fourth-order valence-corrected chi connectivity index (χ4v) is 3.90. The molecule has 1 fully saturated rings. The van der Waals surface area contributed by atoms with Gasteiger partial charge in [-0.15, -0.1) is 0 Å². The fourth-order valence-electron chi connectivity index (χ4n) is 3.04. The van der Waals surface area contributed by atoms with Crippen LogP contribution in [0.25, 0.3) is 17.0 Å². The van der Waals surface area contributed by atoms with E-state index in [1.807, 2.05) is 30.3 Å². The number of pyridine rings is 1. The Bertz CT molecular complexity index is 923. The number of carbonyl (C=O) groups is 3. The minimum absolute atomic E-state index is 0.260. The highest BCUT2D eigenvalue weighted by atomic mass is 32.2. The summed E-state index contributed by atoms with van der Waals surface area (Å²) in [6.45, 7) is 0.363. The highest BCUT2D eigenvalue weighted by Gasteiger charge is 2.34. The molecule has 1 saturated heterocycles. The number of rotatable bonds is 8. The van der Waals surface area contributed by atoms with E-state index in [1.54, 1.807) is 17.8 Å². The molecule has 28 heavy (non-hydrogen) atoms. The summed E-state index contributed by atoms with van der Waals surface area (Å²) in [6, 6.07) is 9.55. The number of nitrogens with one attached hydrogen (secondary N) is 1. The van der Waals surface area contributed by atoms with Crippen LogP contribution in [0.1, 0.15) is 37.7 Å². The number of thioether (sulfide) groups is 1. The van der Waals surface area contributed by atoms with E-state index in [0.29, 0.717) is 24.3 Å². The first kappa shape index (κ1) is 20.0. The first-order chi connectivity index (χ1) is 13.6. The molecule has 1 aliphatic rings. The van der Waals surface area contributed by atoms with Crippen molar-refractivity contribution in [3.05, 3.63) is 47.0 Å². The summed E-state index contributed by atoms with van der Waals surface area (Å²) in [5.74, 6) is -0.679. The molecule has 1 aliphatic heterocycles. The molecule has 1 aromatic heterocycles. The largest absolute Gasteiger partial charge is 0.293 e. The molecule has 146 valence electrons. The summed E-state index contributed by atoms with van der Waals surface area (Å²) < 4.78 is 0. The SMILES string of the molecule is O=C(CCCCCCN1C(=O)SC(=Cc2cccc3cccnc23)C1=O)NO. The van der Waals surface area contributed by atoms with E-state index >= 15 is 0 Å². The van der Waals surface area contributed by atoms with E-state index in [4.69, 9.17) is 5.21 Å². The summed E-state index contributed by atoms with van der Waals surface area (Å²) in [6.07, 6.45) is 6.63. The zero-order valence-electron chi connectivity index (χ0n) is 15.3. The van der Waals surface area contributed by atoms with Crippen LogP contribution in [-0.4, -0.2) is 38.7 Å². The van der Waals surface area contributed by atoms with Gasteiger partial charge in [0.2, 0.25) is 5.91 Å². The minimum atomic E-state index is -0.404. The van der Waals surface area contributed by atoms with Gasteiger partial charge in [-0.25, -0.2) is 5.48 Å². The summed E-state index contributed by atoms with van der Waals surface area (Å²) in [7, 11) is 0. The third-order valence-corrected chi connectivity index (χ3v) is 5.39. The zero-order chi connectivity index (χ0) is 19.9. The summed E-state index contributed by atoms with van der Waals surface area (Å²) in [4.78, 5) is 41.8. The number of nitrogens with zero attached hydrogens (tertiary/aromatic N) is 2. The Labute approximate surface area is 166 Å². The monoisotopic (exact) mass is 399 g/mol. The lowest BCUT2D eigenvalue weighted by Gasteiger charge is -2.11. The first-order valence-corrected chi connectivity index (χ1v) is 9.94. The van der Waals surface area contributed by atoms with Crippen molar-refractivity contribution in [3.8, 4) is 0 Å². The molecule has 2 N–H and O–H groups in total. The average Bonchev–Trinajstić information content (AvgIpc) is 2.97. The van der Waals surface area contributed by atoms with E-state index in [2.05, 4.69) is 4.98 Å². The Hall–Kier alpha value is -2.71. The topological polar surface area (TPSA) is 99.6 Å². The lowest BCUT2D eigenvalue weighted by atomic mass is 10.1. The Balaban J connectivity index is 1.59. The molecule has 0 radical (unpaired) electrons. The van der Waals surface area contributed by atoms with E-state index in [9.17, 15) is 14.4 Å². The lowest BCUT2D eigenvalue weighted by Crippen LogP contribution is -2.29. The van der Waals surface area contributed by atoms with Crippen molar-refractivity contribution < 1.29 is 19.6 Å². The smallest absolute Gasteiger partial charge is 0.289 e. The van der Waals surface area contributed by atoms with Gasteiger partial charge in [0.15, 0.2) is 0 Å². The molecule has 1 aromatic carbocycles. The number of carbonyl (C=O) groups excluding carboxylic acids is 3. The van der Waals surface area contributed by atoms with Gasteiger partial charge in [0.1, 0.15) is 0 Å². The third kappa shape index (κ3) is 4.76. The van der Waals surface area contributed by atoms with Crippen molar-refractivity contribution in [2.24, 2.45) is 0 Å². The molecule has 2 heterocycles. The van der Waals surface area contributed by atoms with Gasteiger partial charge in [-0.1, -0.05) is 37.1 Å². The van der Waals surface area contributed by atoms with Crippen molar-refractivity contribution in [1.29, 1.82) is 0 Å². The van der Waals surface area contributed by atoms with Crippen molar-refractivity contribution >= 4 is 45.8 Å². The number of hydrogen-bond donors (Lipinski definition) is 2. The van der Waals surface area contributed by atoms with Gasteiger partial charge in [0.25, 0.3) is 11.1 Å². The van der Waals surface area contributed by atoms with Crippen LogP contribution in [0.2, 0.25) is 0 Å². The second-order valence-electron chi connectivity index (χ2n) is 6.45. The van der Waals surface area contributed by atoms with E-state index < -0.39 is 5.91 Å². The number of unbranched alkanes of at least 4 members (excludes halogenated alkanes) is 3. The second-order valence-corrected chi connectivity index (χ2v) is 7.45. The van der Waals surface area contributed by atoms with Crippen molar-refractivity contribution in [3.63, 3.8) is 0 Å². The van der Waals surface area contributed by atoms with Gasteiger partial charge in [0.05, 0.1) is 10.4 Å². The second kappa shape index (κ2) is 9.48. The van der Waals surface area contributed by atoms with Crippen molar-refractivity contribution in [2.75, 3.05) is 6.54 Å². The van der Waals surface area contributed by atoms with Crippen LogP contribution in [0.3, 0.4) is 0 Å². The van der Waals surface area contributed by atoms with Gasteiger partial charge in [0, 0.05) is 30.1 Å². The molecular formula is C20H21N3O4S. The van der Waals surface area contributed by atoms with E-state index in [-0.39, 0.29) is 17.6 Å². The highest BCUT2D eigenvalue weighted by Crippen LogP contribution is 2.33. The van der Waals surface area contributed by atoms with E-state index in [1.165, 1.54) is 4.90 Å². The standard InChI is InChI=1S/C20H21N3O4S/c24-17(22-27)10-3-1-2-4-12-23-19(25)16(28-20(23)26)13-15-8-5-7-14-9-6-11-21-18(14)15/h5-9,11,13,27H,1-4,10,12H2,(H,22,24). The van der Waals surface area contributed by atoms with Crippen LogP contribution in [-0.2, 0) is 9.59 Å². The number of amides is 3. The number of aromatic nitrogens is 1. The summed E-state index contributed by atoms with van der Waals surface area (Å²) in [5.41, 5.74) is 3.20. The van der Waals surface area contributed by atoms with Gasteiger partial charge in [-0.05, 0) is 36.7 Å². The van der Waals surface area contributed by atoms with Crippen LogP contribution in [0, 0.1) is 0 Å². The molecule has 0 atom stereocenters. The molecule has 0 bridgehead atoms. The number of hydrogen-bond acceptors (Lipinski definition) is 6. The Morgan fingerprint density at radius 2 is 1.93 bits per heavy atom. The maximum absolute atomic E-state index is 12.6. The summed E-state index contributed by atoms with van der Waals surface area (Å²) in [5, 5.41) is 9.15.